The molecule has 1 saturated carbocycles. The molecule has 0 radical (unpaired) electrons. The first kappa shape index (κ1) is 16.6. The highest BCUT2D eigenvalue weighted by Crippen LogP contribution is 2.38. The lowest BCUT2D eigenvalue weighted by Crippen LogP contribution is -2.48. The van der Waals surface area contributed by atoms with Crippen LogP contribution in [0.5, 0.6) is 0 Å². The third-order valence-electron chi connectivity index (χ3n) is 5.20. The first-order valence-electron chi connectivity index (χ1n) is 9.13. The predicted molar refractivity (Wildman–Crippen MR) is 101 cm³/mol. The number of nitrogens with zero attached hydrogens (tertiary/aromatic N) is 5. The van der Waals surface area contributed by atoms with Crippen LogP contribution in [-0.2, 0) is 10.0 Å². The van der Waals surface area contributed by atoms with Crippen molar-refractivity contribution in [3.05, 3.63) is 42.6 Å². The molecule has 0 amide bonds. The summed E-state index contributed by atoms with van der Waals surface area (Å²) in [5.74, 6) is 2.30. The molecule has 0 bridgehead atoms. The minimum atomic E-state index is -3.56. The maximum atomic E-state index is 13.1. The fourth-order valence-electron chi connectivity index (χ4n) is 3.52. The van der Waals surface area contributed by atoms with E-state index in [-0.39, 0.29) is 4.90 Å². The van der Waals surface area contributed by atoms with Crippen LogP contribution in [-0.4, -0.2) is 58.8 Å². The third-order valence-corrected chi connectivity index (χ3v) is 7.13. The number of aromatic amines is 1. The molecule has 1 aliphatic heterocycles. The number of sulfonamides is 1. The minimum absolute atomic E-state index is 0.289. The Labute approximate surface area is 157 Å². The van der Waals surface area contributed by atoms with Gasteiger partial charge in [0, 0.05) is 56.1 Å². The molecular formula is C18H20N6O2S. The average Bonchev–Trinajstić information content (AvgIpc) is 3.47. The average molecular weight is 384 g/mol. The van der Waals surface area contributed by atoms with Crippen molar-refractivity contribution in [1.29, 1.82) is 0 Å². The van der Waals surface area contributed by atoms with Crippen LogP contribution in [0, 0.1) is 0 Å². The van der Waals surface area contributed by atoms with Gasteiger partial charge in [0.05, 0.1) is 0 Å². The summed E-state index contributed by atoms with van der Waals surface area (Å²) < 4.78 is 27.7. The Kier molecular flexibility index (Phi) is 3.87. The molecule has 1 N–H and O–H groups in total. The zero-order chi connectivity index (χ0) is 18.4. The standard InChI is InChI=1S/C18H20N6O2S/c25-27(26,15-12-21-18-14(15)2-1-6-19-18)24-10-8-23(9-11-24)16-5-7-20-17(22-16)13-3-4-13/h1-2,5-7,12-13H,3-4,8-11H2,(H,19,21). The van der Waals surface area contributed by atoms with Crippen molar-refractivity contribution in [1.82, 2.24) is 24.2 Å². The molecule has 5 rings (SSSR count). The Balaban J connectivity index is 1.34. The number of rotatable bonds is 4. The second kappa shape index (κ2) is 6.28. The van der Waals surface area contributed by atoms with E-state index in [2.05, 4.69) is 24.8 Å². The lowest BCUT2D eigenvalue weighted by atomic mass is 10.3. The summed E-state index contributed by atoms with van der Waals surface area (Å²) in [6.45, 7) is 2.08. The second-order valence-electron chi connectivity index (χ2n) is 6.99. The highest BCUT2D eigenvalue weighted by atomic mass is 32.2. The quantitative estimate of drug-likeness (QED) is 0.736. The normalized spacial score (nSPS) is 18.9. The molecule has 0 atom stereocenters. The summed E-state index contributed by atoms with van der Waals surface area (Å²) >= 11 is 0. The first-order chi connectivity index (χ1) is 13.1. The van der Waals surface area contributed by atoms with E-state index >= 15 is 0 Å². The molecule has 3 aromatic rings. The number of fused-ring (bicyclic) bond motifs is 1. The maximum Gasteiger partial charge on any atom is 0.245 e. The number of nitrogens with one attached hydrogen (secondary N) is 1. The SMILES string of the molecule is O=S(=O)(c1c[nH]c2ncccc12)N1CCN(c2ccnc(C3CC3)n2)CC1. The fourth-order valence-corrected chi connectivity index (χ4v) is 5.09. The van der Waals surface area contributed by atoms with Gasteiger partial charge in [0.1, 0.15) is 22.2 Å². The Bertz CT molecular complexity index is 1080. The van der Waals surface area contributed by atoms with Crippen molar-refractivity contribution in [2.45, 2.75) is 23.7 Å². The smallest absolute Gasteiger partial charge is 0.245 e. The Hall–Kier alpha value is -2.52. The van der Waals surface area contributed by atoms with E-state index in [1.807, 2.05) is 6.07 Å². The van der Waals surface area contributed by atoms with Crippen LogP contribution < -0.4 is 4.90 Å². The predicted octanol–water partition coefficient (Wildman–Crippen LogP) is 1.74. The summed E-state index contributed by atoms with van der Waals surface area (Å²) in [6.07, 6.45) is 7.30. The Morgan fingerprint density at radius 2 is 1.85 bits per heavy atom. The molecule has 0 unspecified atom stereocenters. The van der Waals surface area contributed by atoms with Crippen molar-refractivity contribution >= 4 is 26.9 Å². The largest absolute Gasteiger partial charge is 0.354 e. The van der Waals surface area contributed by atoms with Crippen molar-refractivity contribution in [2.24, 2.45) is 0 Å². The van der Waals surface area contributed by atoms with E-state index in [1.54, 1.807) is 28.8 Å². The summed E-state index contributed by atoms with van der Waals surface area (Å²) in [7, 11) is -3.56. The lowest BCUT2D eigenvalue weighted by molar-refractivity contribution is 0.384. The topological polar surface area (TPSA) is 95.1 Å². The van der Waals surface area contributed by atoms with Crippen molar-refractivity contribution in [2.75, 3.05) is 31.1 Å². The van der Waals surface area contributed by atoms with E-state index < -0.39 is 10.0 Å². The number of hydrogen-bond acceptors (Lipinski definition) is 6. The number of anilines is 1. The number of hydrogen-bond donors (Lipinski definition) is 1. The Morgan fingerprint density at radius 3 is 2.63 bits per heavy atom. The lowest BCUT2D eigenvalue weighted by Gasteiger charge is -2.34. The number of pyridine rings is 1. The van der Waals surface area contributed by atoms with Gasteiger partial charge in [-0.2, -0.15) is 4.31 Å². The van der Waals surface area contributed by atoms with Gasteiger partial charge in [0.2, 0.25) is 10.0 Å². The van der Waals surface area contributed by atoms with E-state index in [0.29, 0.717) is 43.1 Å². The highest BCUT2D eigenvalue weighted by Gasteiger charge is 2.32. The Morgan fingerprint density at radius 1 is 1.04 bits per heavy atom. The van der Waals surface area contributed by atoms with Gasteiger partial charge in [-0.1, -0.05) is 0 Å². The van der Waals surface area contributed by atoms with Crippen LogP contribution in [0.4, 0.5) is 5.82 Å². The molecule has 27 heavy (non-hydrogen) atoms. The molecular weight excluding hydrogens is 364 g/mol. The molecule has 0 spiro atoms. The zero-order valence-electron chi connectivity index (χ0n) is 14.7. The van der Waals surface area contributed by atoms with Gasteiger partial charge in [-0.05, 0) is 31.0 Å². The molecule has 1 saturated heterocycles. The second-order valence-corrected chi connectivity index (χ2v) is 8.90. The minimum Gasteiger partial charge on any atom is -0.354 e. The molecule has 1 aliphatic carbocycles. The van der Waals surface area contributed by atoms with Crippen molar-refractivity contribution in [3.8, 4) is 0 Å². The first-order valence-corrected chi connectivity index (χ1v) is 10.6. The van der Waals surface area contributed by atoms with Crippen molar-refractivity contribution in [3.63, 3.8) is 0 Å². The van der Waals surface area contributed by atoms with Crippen LogP contribution >= 0.6 is 0 Å². The maximum absolute atomic E-state index is 13.1. The summed E-state index contributed by atoms with van der Waals surface area (Å²) in [5, 5.41) is 0.629. The van der Waals surface area contributed by atoms with Crippen LogP contribution in [0.15, 0.2) is 41.7 Å². The number of aromatic nitrogens is 4. The van der Waals surface area contributed by atoms with E-state index in [0.717, 1.165) is 24.5 Å². The molecule has 9 heteroatoms. The van der Waals surface area contributed by atoms with E-state index in [4.69, 9.17) is 0 Å². The van der Waals surface area contributed by atoms with Crippen LogP contribution in [0.2, 0.25) is 0 Å². The van der Waals surface area contributed by atoms with Gasteiger partial charge in [0.25, 0.3) is 0 Å². The molecule has 140 valence electrons. The van der Waals surface area contributed by atoms with Crippen LogP contribution in [0.3, 0.4) is 0 Å². The molecule has 8 nitrogen and oxygen atoms in total. The fraction of sp³-hybridized carbons (Fsp3) is 0.389. The van der Waals surface area contributed by atoms with Gasteiger partial charge in [-0.25, -0.2) is 23.4 Å². The molecule has 2 fully saturated rings. The molecule has 2 aliphatic rings. The van der Waals surface area contributed by atoms with Crippen LogP contribution in [0.1, 0.15) is 24.6 Å². The van der Waals surface area contributed by atoms with Gasteiger partial charge in [0.15, 0.2) is 0 Å². The molecule has 3 aromatic heterocycles. The van der Waals surface area contributed by atoms with Gasteiger partial charge in [-0.3, -0.25) is 0 Å². The summed E-state index contributed by atoms with van der Waals surface area (Å²) in [5.41, 5.74) is 0.586. The number of piperazine rings is 1. The van der Waals surface area contributed by atoms with E-state index in [1.165, 1.54) is 6.20 Å². The zero-order valence-corrected chi connectivity index (χ0v) is 15.6. The molecule has 4 heterocycles. The van der Waals surface area contributed by atoms with Gasteiger partial charge in [-0.15, -0.1) is 0 Å². The van der Waals surface area contributed by atoms with E-state index in [9.17, 15) is 8.42 Å². The summed E-state index contributed by atoms with van der Waals surface area (Å²) in [6, 6.07) is 5.43. The third kappa shape index (κ3) is 2.96. The van der Waals surface area contributed by atoms with Gasteiger partial charge < -0.3 is 9.88 Å². The summed E-state index contributed by atoms with van der Waals surface area (Å²) in [4.78, 5) is 18.6. The monoisotopic (exact) mass is 384 g/mol. The van der Waals surface area contributed by atoms with Crippen LogP contribution in [0.25, 0.3) is 11.0 Å². The highest BCUT2D eigenvalue weighted by molar-refractivity contribution is 7.89. The molecule has 0 aromatic carbocycles. The van der Waals surface area contributed by atoms with Crippen molar-refractivity contribution < 1.29 is 8.42 Å². The van der Waals surface area contributed by atoms with Gasteiger partial charge >= 0.3 is 0 Å². The number of H-pyrrole nitrogens is 1.